The number of amides is 1. The molecule has 1 aliphatic heterocycles. The molecule has 8 heteroatoms. The number of pyridine rings is 1. The Labute approximate surface area is 181 Å². The first-order chi connectivity index (χ1) is 15.2. The first-order valence-electron chi connectivity index (χ1n) is 11.4. The Kier molecular flexibility index (Phi) is 5.61. The highest BCUT2D eigenvalue weighted by molar-refractivity contribution is 6.09. The van der Waals surface area contributed by atoms with Crippen LogP contribution in [0.15, 0.2) is 41.2 Å². The Balaban J connectivity index is 1.29. The molecule has 4 N–H and O–H groups in total. The molecule has 0 radical (unpaired) electrons. The first-order valence-corrected chi connectivity index (χ1v) is 11.4. The van der Waals surface area contributed by atoms with Crippen molar-refractivity contribution in [3.05, 3.63) is 41.7 Å². The average molecular weight is 425 g/mol. The summed E-state index contributed by atoms with van der Waals surface area (Å²) in [6.07, 6.45) is 11.8. The van der Waals surface area contributed by atoms with Gasteiger partial charge in [-0.15, -0.1) is 0 Å². The Hall–Kier alpha value is -2.90. The van der Waals surface area contributed by atoms with Crippen molar-refractivity contribution in [2.45, 2.75) is 63.5 Å². The highest BCUT2D eigenvalue weighted by Crippen LogP contribution is 2.27. The monoisotopic (exact) mass is 424 g/mol. The van der Waals surface area contributed by atoms with Crippen molar-refractivity contribution >= 4 is 22.8 Å². The van der Waals surface area contributed by atoms with Gasteiger partial charge >= 0.3 is 0 Å². The fourth-order valence-electron chi connectivity index (χ4n) is 5.02. The summed E-state index contributed by atoms with van der Waals surface area (Å²) in [6, 6.07) is 3.86. The number of carbonyl (C=O) groups excluding carboxylic acids is 1. The summed E-state index contributed by atoms with van der Waals surface area (Å²) in [4.78, 5) is 24.5. The van der Waals surface area contributed by atoms with E-state index in [-0.39, 0.29) is 36.3 Å². The van der Waals surface area contributed by atoms with Crippen molar-refractivity contribution in [2.24, 2.45) is 10.9 Å². The van der Waals surface area contributed by atoms with Crippen LogP contribution in [0.3, 0.4) is 0 Å². The molecule has 2 saturated carbocycles. The molecule has 2 atom stereocenters. The van der Waals surface area contributed by atoms with Gasteiger partial charge in [-0.05, 0) is 37.8 Å². The number of amidine groups is 1. The number of aliphatic imine (C=N–C) groups is 1. The summed E-state index contributed by atoms with van der Waals surface area (Å²) in [5, 5.41) is 10.7. The van der Waals surface area contributed by atoms with Crippen LogP contribution in [-0.2, 0) is 4.79 Å². The molecule has 7 nitrogen and oxygen atoms in total. The number of fused-ring (bicyclic) bond motifs is 1. The summed E-state index contributed by atoms with van der Waals surface area (Å²) in [5.74, 6) is 0.963. The summed E-state index contributed by atoms with van der Waals surface area (Å²) >= 11 is 0. The van der Waals surface area contributed by atoms with E-state index in [2.05, 4.69) is 30.9 Å². The lowest BCUT2D eigenvalue weighted by Gasteiger charge is -2.35. The average Bonchev–Trinajstić information content (AvgIpc) is 3.47. The zero-order valence-electron chi connectivity index (χ0n) is 17.6. The number of aromatic amines is 1. The van der Waals surface area contributed by atoms with Gasteiger partial charge in [0.25, 0.3) is 0 Å². The maximum atomic E-state index is 14.7. The van der Waals surface area contributed by atoms with E-state index in [1.165, 1.54) is 0 Å². The molecule has 3 aliphatic rings. The minimum absolute atomic E-state index is 0.00339. The molecule has 5 rings (SSSR count). The highest BCUT2D eigenvalue weighted by atomic mass is 19.1. The number of nitrogens with one attached hydrogen (secondary N) is 4. The standard InChI is InChI=1S/C23H29FN6O/c24-17-13-27-21(16-12-26-20-15(16)8-5-11-25-20)30-22(17)28-18-9-3-4-10-19(18)29-23(31)14-6-1-2-7-14/h5,8,11-12,14,18-19,28H,1-4,6-7,9-10,13H2,(H,25,26)(H,27,30)(H,29,31). The van der Waals surface area contributed by atoms with Gasteiger partial charge < -0.3 is 20.9 Å². The first kappa shape index (κ1) is 20.0. The fraction of sp³-hybridized carbons (Fsp3) is 0.522. The minimum Gasteiger partial charge on any atom is -0.365 e. The van der Waals surface area contributed by atoms with Crippen LogP contribution in [0.2, 0.25) is 0 Å². The van der Waals surface area contributed by atoms with Crippen LogP contribution in [0.5, 0.6) is 0 Å². The second-order valence-corrected chi connectivity index (χ2v) is 8.80. The van der Waals surface area contributed by atoms with Crippen LogP contribution in [-0.4, -0.2) is 40.3 Å². The van der Waals surface area contributed by atoms with Gasteiger partial charge in [0.1, 0.15) is 17.3 Å². The van der Waals surface area contributed by atoms with Crippen molar-refractivity contribution < 1.29 is 9.18 Å². The van der Waals surface area contributed by atoms with Crippen LogP contribution in [0.1, 0.15) is 56.9 Å². The molecule has 31 heavy (non-hydrogen) atoms. The SMILES string of the molecule is O=C(NC1CCCCC1NC1=C(F)CN=C(c2c[nH]c3ncccc23)N1)C1CCCC1. The molecule has 2 aromatic rings. The molecule has 1 amide bonds. The number of hydrogen-bond donors (Lipinski definition) is 4. The van der Waals surface area contributed by atoms with E-state index in [1.807, 2.05) is 18.3 Å². The molecular weight excluding hydrogens is 395 g/mol. The zero-order valence-corrected chi connectivity index (χ0v) is 17.6. The van der Waals surface area contributed by atoms with Gasteiger partial charge in [0.15, 0.2) is 5.83 Å². The molecule has 2 fully saturated rings. The van der Waals surface area contributed by atoms with Crippen LogP contribution in [0.25, 0.3) is 11.0 Å². The van der Waals surface area contributed by atoms with Gasteiger partial charge in [0.05, 0.1) is 6.54 Å². The number of hydrogen-bond acceptors (Lipinski definition) is 5. The minimum atomic E-state index is -0.312. The molecule has 3 heterocycles. The van der Waals surface area contributed by atoms with Gasteiger partial charge in [-0.25, -0.2) is 9.37 Å². The van der Waals surface area contributed by atoms with Gasteiger partial charge in [-0.2, -0.15) is 0 Å². The van der Waals surface area contributed by atoms with Crippen LogP contribution >= 0.6 is 0 Å². The Bertz CT molecular complexity index is 1020. The Morgan fingerprint density at radius 3 is 2.71 bits per heavy atom. The van der Waals surface area contributed by atoms with E-state index in [9.17, 15) is 9.18 Å². The summed E-state index contributed by atoms with van der Waals surface area (Å²) in [6.45, 7) is -0.0105. The number of H-pyrrole nitrogens is 1. The molecule has 2 unspecified atom stereocenters. The fourth-order valence-corrected chi connectivity index (χ4v) is 5.02. The van der Waals surface area contributed by atoms with Gasteiger partial charge in [0, 0.05) is 41.3 Å². The maximum Gasteiger partial charge on any atom is 0.223 e. The molecule has 164 valence electrons. The molecule has 2 aromatic heterocycles. The normalized spacial score (nSPS) is 24.7. The summed E-state index contributed by atoms with van der Waals surface area (Å²) in [7, 11) is 0. The van der Waals surface area contributed by atoms with E-state index >= 15 is 0 Å². The molecule has 0 spiro atoms. The van der Waals surface area contributed by atoms with E-state index in [1.54, 1.807) is 6.20 Å². The third-order valence-corrected chi connectivity index (χ3v) is 6.75. The molecule has 0 bridgehead atoms. The number of carbonyl (C=O) groups is 1. The van der Waals surface area contributed by atoms with Crippen molar-refractivity contribution in [3.8, 4) is 0 Å². The van der Waals surface area contributed by atoms with Gasteiger partial charge in [-0.1, -0.05) is 25.7 Å². The lowest BCUT2D eigenvalue weighted by Crippen LogP contribution is -2.54. The number of aromatic nitrogens is 2. The van der Waals surface area contributed by atoms with E-state index in [0.717, 1.165) is 68.0 Å². The highest BCUT2D eigenvalue weighted by Gasteiger charge is 2.31. The smallest absolute Gasteiger partial charge is 0.223 e. The Morgan fingerprint density at radius 2 is 1.87 bits per heavy atom. The lowest BCUT2D eigenvalue weighted by atomic mass is 9.89. The van der Waals surface area contributed by atoms with Crippen LogP contribution < -0.4 is 16.0 Å². The molecule has 2 aliphatic carbocycles. The number of nitrogens with zero attached hydrogens (tertiary/aromatic N) is 2. The third kappa shape index (κ3) is 4.16. The summed E-state index contributed by atoms with van der Waals surface area (Å²) < 4.78 is 14.7. The predicted molar refractivity (Wildman–Crippen MR) is 118 cm³/mol. The van der Waals surface area contributed by atoms with Crippen molar-refractivity contribution in [2.75, 3.05) is 6.54 Å². The topological polar surface area (TPSA) is 94.2 Å². The molecule has 0 aromatic carbocycles. The molecule has 0 saturated heterocycles. The number of halogens is 1. The maximum absolute atomic E-state index is 14.7. The largest absolute Gasteiger partial charge is 0.365 e. The Morgan fingerprint density at radius 1 is 1.10 bits per heavy atom. The van der Waals surface area contributed by atoms with E-state index in [4.69, 9.17) is 0 Å². The van der Waals surface area contributed by atoms with Gasteiger partial charge in [0.2, 0.25) is 5.91 Å². The number of rotatable bonds is 5. The van der Waals surface area contributed by atoms with Crippen LogP contribution in [0.4, 0.5) is 4.39 Å². The van der Waals surface area contributed by atoms with Crippen LogP contribution in [0, 0.1) is 5.92 Å². The van der Waals surface area contributed by atoms with Crippen molar-refractivity contribution in [1.82, 2.24) is 25.9 Å². The van der Waals surface area contributed by atoms with Crippen molar-refractivity contribution in [1.29, 1.82) is 0 Å². The lowest BCUT2D eigenvalue weighted by molar-refractivity contribution is -0.125. The second-order valence-electron chi connectivity index (χ2n) is 8.80. The summed E-state index contributed by atoms with van der Waals surface area (Å²) in [5.41, 5.74) is 1.64. The second kappa shape index (κ2) is 8.69. The third-order valence-electron chi connectivity index (χ3n) is 6.75. The van der Waals surface area contributed by atoms with Crippen molar-refractivity contribution in [3.63, 3.8) is 0 Å². The van der Waals surface area contributed by atoms with Gasteiger partial charge in [-0.3, -0.25) is 9.79 Å². The predicted octanol–water partition coefficient (Wildman–Crippen LogP) is 3.26. The quantitative estimate of drug-likeness (QED) is 0.593. The zero-order chi connectivity index (χ0) is 21.2. The molecular formula is C23H29FN6O. The van der Waals surface area contributed by atoms with E-state index < -0.39 is 0 Å². The van der Waals surface area contributed by atoms with E-state index in [0.29, 0.717) is 11.7 Å².